The van der Waals surface area contributed by atoms with E-state index < -0.39 is 0 Å². The number of nitrogens with two attached hydrogens (primary N) is 1. The molecule has 3 rings (SSSR count). The van der Waals surface area contributed by atoms with Gasteiger partial charge in [-0.3, -0.25) is 0 Å². The van der Waals surface area contributed by atoms with Gasteiger partial charge in [0.1, 0.15) is 0 Å². The number of aromatic nitrogens is 1. The number of nitrogens with one attached hydrogen (secondary N) is 2. The molecule has 3 heterocycles. The minimum Gasteiger partial charge on any atom is -0.375 e. The maximum atomic E-state index is 5.80. The largest absolute Gasteiger partial charge is 0.375 e. The van der Waals surface area contributed by atoms with Gasteiger partial charge in [-0.2, -0.15) is 0 Å². The summed E-state index contributed by atoms with van der Waals surface area (Å²) in [7, 11) is 0. The summed E-state index contributed by atoms with van der Waals surface area (Å²) in [5.41, 5.74) is 7.03. The van der Waals surface area contributed by atoms with E-state index in [1.807, 2.05) is 0 Å². The average molecular weight is 238 g/mol. The van der Waals surface area contributed by atoms with Gasteiger partial charge in [-0.15, -0.1) is 11.3 Å². The highest BCUT2D eigenvalue weighted by molar-refractivity contribution is 7.15. The molecule has 0 aromatic carbocycles. The Morgan fingerprint density at radius 3 is 3.19 bits per heavy atom. The molecule has 1 aromatic rings. The van der Waals surface area contributed by atoms with E-state index in [1.165, 1.54) is 36.5 Å². The highest BCUT2D eigenvalue weighted by Gasteiger charge is 2.27. The Morgan fingerprint density at radius 1 is 1.44 bits per heavy atom. The third-order valence-corrected chi connectivity index (χ3v) is 4.59. The molecule has 2 unspecified atom stereocenters. The first-order valence-corrected chi connectivity index (χ1v) is 6.84. The van der Waals surface area contributed by atoms with Crippen LogP contribution < -0.4 is 16.4 Å². The van der Waals surface area contributed by atoms with Gasteiger partial charge in [0.15, 0.2) is 5.13 Å². The maximum absolute atomic E-state index is 5.80. The fourth-order valence-corrected chi connectivity index (χ4v) is 3.70. The summed E-state index contributed by atoms with van der Waals surface area (Å²) in [6, 6.07) is 0.489. The lowest BCUT2D eigenvalue weighted by Crippen LogP contribution is -2.30. The number of anilines is 1. The third kappa shape index (κ3) is 1.95. The van der Waals surface area contributed by atoms with Gasteiger partial charge >= 0.3 is 0 Å². The summed E-state index contributed by atoms with van der Waals surface area (Å²) >= 11 is 1.67. The molecular formula is C11H18N4S. The summed E-state index contributed by atoms with van der Waals surface area (Å²) in [5.74, 6) is 0.812. The lowest BCUT2D eigenvalue weighted by Gasteiger charge is -2.25. The van der Waals surface area contributed by atoms with Crippen LogP contribution in [0.1, 0.15) is 29.5 Å². The molecule has 16 heavy (non-hydrogen) atoms. The van der Waals surface area contributed by atoms with Gasteiger partial charge in [0.2, 0.25) is 0 Å². The Balaban J connectivity index is 1.75. The average Bonchev–Trinajstić information content (AvgIpc) is 2.86. The van der Waals surface area contributed by atoms with Crippen molar-refractivity contribution < 1.29 is 0 Å². The SMILES string of the molecule is Nc1nc2c(s1)C(CC1CCNC1)NCC2. The Bertz CT molecular complexity index is 370. The van der Waals surface area contributed by atoms with E-state index in [4.69, 9.17) is 5.73 Å². The van der Waals surface area contributed by atoms with E-state index in [-0.39, 0.29) is 0 Å². The van der Waals surface area contributed by atoms with Gasteiger partial charge in [-0.25, -0.2) is 4.98 Å². The summed E-state index contributed by atoms with van der Waals surface area (Å²) in [6.07, 6.45) is 3.56. The van der Waals surface area contributed by atoms with Crippen LogP contribution in [0, 0.1) is 5.92 Å². The monoisotopic (exact) mass is 238 g/mol. The van der Waals surface area contributed by atoms with E-state index in [0.29, 0.717) is 6.04 Å². The van der Waals surface area contributed by atoms with Crippen LogP contribution in [0.2, 0.25) is 0 Å². The first-order valence-electron chi connectivity index (χ1n) is 6.02. The van der Waals surface area contributed by atoms with Gasteiger partial charge in [-0.05, 0) is 31.8 Å². The quantitative estimate of drug-likeness (QED) is 0.717. The molecule has 1 saturated heterocycles. The van der Waals surface area contributed by atoms with Crippen LogP contribution in [0.15, 0.2) is 0 Å². The third-order valence-electron chi connectivity index (χ3n) is 3.54. The second-order valence-electron chi connectivity index (χ2n) is 4.71. The van der Waals surface area contributed by atoms with E-state index in [2.05, 4.69) is 15.6 Å². The van der Waals surface area contributed by atoms with Crippen LogP contribution >= 0.6 is 11.3 Å². The van der Waals surface area contributed by atoms with Crippen LogP contribution in [-0.4, -0.2) is 24.6 Å². The van der Waals surface area contributed by atoms with Gasteiger partial charge in [0.05, 0.1) is 5.69 Å². The van der Waals surface area contributed by atoms with E-state index in [9.17, 15) is 0 Å². The van der Waals surface area contributed by atoms with Crippen molar-refractivity contribution in [3.8, 4) is 0 Å². The van der Waals surface area contributed by atoms with E-state index in [0.717, 1.165) is 24.0 Å². The Kier molecular flexibility index (Phi) is 2.83. The van der Waals surface area contributed by atoms with Crippen molar-refractivity contribution in [2.75, 3.05) is 25.4 Å². The summed E-state index contributed by atoms with van der Waals surface area (Å²) in [4.78, 5) is 5.80. The van der Waals surface area contributed by atoms with Gasteiger partial charge < -0.3 is 16.4 Å². The van der Waals surface area contributed by atoms with Gasteiger partial charge in [-0.1, -0.05) is 0 Å². The molecular weight excluding hydrogens is 220 g/mol. The fourth-order valence-electron chi connectivity index (χ4n) is 2.73. The van der Waals surface area contributed by atoms with Crippen molar-refractivity contribution in [3.05, 3.63) is 10.6 Å². The molecule has 5 heteroatoms. The van der Waals surface area contributed by atoms with Crippen molar-refractivity contribution in [1.82, 2.24) is 15.6 Å². The van der Waals surface area contributed by atoms with Crippen molar-refractivity contribution in [1.29, 1.82) is 0 Å². The number of fused-ring (bicyclic) bond motifs is 1. The second kappa shape index (κ2) is 4.31. The maximum Gasteiger partial charge on any atom is 0.180 e. The number of nitrogens with zero attached hydrogens (tertiary/aromatic N) is 1. The molecule has 1 fully saturated rings. The van der Waals surface area contributed by atoms with Crippen molar-refractivity contribution >= 4 is 16.5 Å². The zero-order valence-corrected chi connectivity index (χ0v) is 10.1. The normalized spacial score (nSPS) is 29.2. The molecule has 4 nitrogen and oxygen atoms in total. The number of nitrogen functional groups attached to an aromatic ring is 1. The van der Waals surface area contributed by atoms with Crippen LogP contribution in [0.4, 0.5) is 5.13 Å². The molecule has 88 valence electrons. The summed E-state index contributed by atoms with van der Waals surface area (Å²) in [6.45, 7) is 3.39. The number of thiazole rings is 1. The molecule has 2 atom stereocenters. The van der Waals surface area contributed by atoms with Gasteiger partial charge in [0.25, 0.3) is 0 Å². The first-order chi connectivity index (χ1) is 7.83. The molecule has 1 aromatic heterocycles. The molecule has 2 aliphatic rings. The molecule has 0 bridgehead atoms. The van der Waals surface area contributed by atoms with Crippen molar-refractivity contribution in [2.24, 2.45) is 5.92 Å². The minimum absolute atomic E-state index is 0.489. The summed E-state index contributed by atoms with van der Waals surface area (Å²) < 4.78 is 0. The van der Waals surface area contributed by atoms with Crippen LogP contribution in [0.5, 0.6) is 0 Å². The molecule has 0 radical (unpaired) electrons. The topological polar surface area (TPSA) is 63.0 Å². The molecule has 0 spiro atoms. The molecule has 0 aliphatic carbocycles. The smallest absolute Gasteiger partial charge is 0.180 e. The highest BCUT2D eigenvalue weighted by atomic mass is 32.1. The first kappa shape index (κ1) is 10.5. The van der Waals surface area contributed by atoms with Crippen molar-refractivity contribution in [3.63, 3.8) is 0 Å². The second-order valence-corrected chi connectivity index (χ2v) is 5.78. The van der Waals surface area contributed by atoms with Crippen LogP contribution in [-0.2, 0) is 6.42 Å². The Morgan fingerprint density at radius 2 is 2.38 bits per heavy atom. The van der Waals surface area contributed by atoms with E-state index >= 15 is 0 Å². The van der Waals surface area contributed by atoms with Crippen molar-refractivity contribution in [2.45, 2.75) is 25.3 Å². The molecule has 4 N–H and O–H groups in total. The molecule has 2 aliphatic heterocycles. The minimum atomic E-state index is 0.489. The standard InChI is InChI=1S/C11H18N4S/c12-11-15-8-2-4-14-9(10(8)16-11)5-7-1-3-13-6-7/h7,9,13-14H,1-6H2,(H2,12,15). The van der Waals surface area contributed by atoms with Gasteiger partial charge in [0, 0.05) is 23.9 Å². The Labute approximate surface area is 99.6 Å². The number of hydrogen-bond acceptors (Lipinski definition) is 5. The Hall–Kier alpha value is -0.650. The van der Waals surface area contributed by atoms with E-state index in [1.54, 1.807) is 11.3 Å². The zero-order valence-electron chi connectivity index (χ0n) is 9.33. The molecule has 0 saturated carbocycles. The predicted molar refractivity (Wildman–Crippen MR) is 66.6 cm³/mol. The lowest BCUT2D eigenvalue weighted by molar-refractivity contribution is 0.399. The lowest BCUT2D eigenvalue weighted by atomic mass is 9.95. The molecule has 0 amide bonds. The fraction of sp³-hybridized carbons (Fsp3) is 0.727. The van der Waals surface area contributed by atoms with Crippen LogP contribution in [0.25, 0.3) is 0 Å². The highest BCUT2D eigenvalue weighted by Crippen LogP contribution is 2.34. The number of rotatable bonds is 2. The van der Waals surface area contributed by atoms with Crippen LogP contribution in [0.3, 0.4) is 0 Å². The summed E-state index contributed by atoms with van der Waals surface area (Å²) in [5, 5.41) is 7.75. The predicted octanol–water partition coefficient (Wildman–Crippen LogP) is 0.912. The zero-order chi connectivity index (χ0) is 11.0. The number of hydrogen-bond donors (Lipinski definition) is 3.